The van der Waals surface area contributed by atoms with Crippen molar-refractivity contribution in [2.75, 3.05) is 0 Å². The van der Waals surface area contributed by atoms with Gasteiger partial charge in [0.25, 0.3) is 0 Å². The summed E-state index contributed by atoms with van der Waals surface area (Å²) >= 11 is 0. The lowest BCUT2D eigenvalue weighted by molar-refractivity contribution is -0.130. The molecule has 6 fully saturated rings. The van der Waals surface area contributed by atoms with Crippen molar-refractivity contribution < 1.29 is 5.11 Å². The Morgan fingerprint density at radius 1 is 0.655 bits per heavy atom. The number of hydrogen-bond acceptors (Lipinski definition) is 1. The van der Waals surface area contributed by atoms with Crippen LogP contribution in [0.1, 0.15) is 98.3 Å². The normalized spacial score (nSPS) is 63.8. The second-order valence-electron chi connectivity index (χ2n) is 13.7. The first-order chi connectivity index (χ1) is 13.8. The summed E-state index contributed by atoms with van der Waals surface area (Å²) in [5.41, 5.74) is 1.18. The highest BCUT2D eigenvalue weighted by Crippen LogP contribution is 2.74. The van der Waals surface area contributed by atoms with Crippen molar-refractivity contribution >= 4 is 0 Å². The molecule has 6 aliphatic rings. The fourth-order valence-corrected chi connectivity index (χ4v) is 11.7. The lowest BCUT2D eigenvalue weighted by Gasteiger charge is -2.61. The van der Waals surface area contributed by atoms with Gasteiger partial charge in [-0.1, -0.05) is 34.1 Å². The van der Waals surface area contributed by atoms with E-state index < -0.39 is 0 Å². The van der Waals surface area contributed by atoms with Crippen LogP contribution in [0.5, 0.6) is 0 Å². The molecule has 6 saturated carbocycles. The van der Waals surface area contributed by atoms with Crippen molar-refractivity contribution in [1.29, 1.82) is 0 Å². The van der Waals surface area contributed by atoms with Crippen LogP contribution < -0.4 is 0 Å². The van der Waals surface area contributed by atoms with Crippen LogP contribution >= 0.6 is 0 Å². The van der Waals surface area contributed by atoms with Crippen molar-refractivity contribution in [3.8, 4) is 0 Å². The number of aliphatic hydroxyl groups is 1. The van der Waals surface area contributed by atoms with Gasteiger partial charge < -0.3 is 5.11 Å². The van der Waals surface area contributed by atoms with Crippen molar-refractivity contribution in [3.05, 3.63) is 0 Å². The fourth-order valence-electron chi connectivity index (χ4n) is 11.7. The summed E-state index contributed by atoms with van der Waals surface area (Å²) in [6.07, 6.45) is 15.6. The van der Waals surface area contributed by atoms with Crippen LogP contribution in [0.25, 0.3) is 0 Å². The molecular formula is C28H46O. The van der Waals surface area contributed by atoms with Crippen LogP contribution in [0.15, 0.2) is 0 Å². The predicted octanol–water partition coefficient (Wildman–Crippen LogP) is 6.93. The first kappa shape index (κ1) is 19.6. The zero-order valence-corrected chi connectivity index (χ0v) is 19.6. The minimum Gasteiger partial charge on any atom is -0.393 e. The smallest absolute Gasteiger partial charge is 0.0543 e. The highest BCUT2D eigenvalue weighted by atomic mass is 16.3. The summed E-state index contributed by atoms with van der Waals surface area (Å²) in [4.78, 5) is 0. The van der Waals surface area contributed by atoms with Crippen molar-refractivity contribution in [2.45, 2.75) is 104 Å². The van der Waals surface area contributed by atoms with Crippen LogP contribution in [0.2, 0.25) is 0 Å². The molecule has 0 aromatic carbocycles. The van der Waals surface area contributed by atoms with E-state index in [0.29, 0.717) is 10.8 Å². The van der Waals surface area contributed by atoms with Gasteiger partial charge in [0.15, 0.2) is 0 Å². The molecule has 1 nitrogen and oxygen atoms in total. The van der Waals surface area contributed by atoms with E-state index in [1.165, 1.54) is 44.9 Å². The third-order valence-corrected chi connectivity index (χ3v) is 12.8. The molecule has 6 rings (SSSR count). The molecule has 29 heavy (non-hydrogen) atoms. The average Bonchev–Trinajstić information content (AvgIpc) is 3.15. The first-order valence-corrected chi connectivity index (χ1v) is 13.5. The van der Waals surface area contributed by atoms with Crippen LogP contribution in [0, 0.1) is 70.0 Å². The van der Waals surface area contributed by atoms with Crippen LogP contribution in [-0.2, 0) is 0 Å². The van der Waals surface area contributed by atoms with Gasteiger partial charge in [-0.2, -0.15) is 0 Å². The van der Waals surface area contributed by atoms with Crippen molar-refractivity contribution in [1.82, 2.24) is 0 Å². The summed E-state index contributed by atoms with van der Waals surface area (Å²) in [5.74, 6) is 9.97. The molecule has 0 aromatic rings. The van der Waals surface area contributed by atoms with Gasteiger partial charge >= 0.3 is 0 Å². The molecule has 0 amide bonds. The van der Waals surface area contributed by atoms with E-state index in [2.05, 4.69) is 27.7 Å². The standard InChI is InChI=1S/C28H46O/c1-16-5-7-20-17(2)26-23(22(20)13-16)15-25-21-8-6-18-14-19(29)9-11-27(18,3)24(21)10-12-28(25,26)4/h16-26,29H,5-15H2,1-4H3/t16-,17+,18-,19-,20+,21-,22-,23-,24+,25-,26+,27-,28-/m0/s1. The van der Waals surface area contributed by atoms with Gasteiger partial charge in [-0.15, -0.1) is 0 Å². The number of hydrogen-bond donors (Lipinski definition) is 1. The Kier molecular flexibility index (Phi) is 4.39. The van der Waals surface area contributed by atoms with E-state index in [1.54, 1.807) is 12.8 Å². The van der Waals surface area contributed by atoms with Gasteiger partial charge in [0.1, 0.15) is 0 Å². The lowest BCUT2D eigenvalue weighted by atomic mass is 9.44. The molecule has 13 atom stereocenters. The van der Waals surface area contributed by atoms with E-state index in [9.17, 15) is 5.11 Å². The molecular weight excluding hydrogens is 352 g/mol. The Bertz CT molecular complexity index is 657. The van der Waals surface area contributed by atoms with E-state index in [-0.39, 0.29) is 6.10 Å². The van der Waals surface area contributed by atoms with Gasteiger partial charge in [0, 0.05) is 0 Å². The summed E-state index contributed by atoms with van der Waals surface area (Å²) in [7, 11) is 0. The van der Waals surface area contributed by atoms with Crippen molar-refractivity contribution in [2.24, 2.45) is 70.0 Å². The number of rotatable bonds is 0. The second-order valence-corrected chi connectivity index (χ2v) is 13.7. The first-order valence-electron chi connectivity index (χ1n) is 13.5. The third kappa shape index (κ3) is 2.55. The third-order valence-electron chi connectivity index (χ3n) is 12.8. The Hall–Kier alpha value is -0.0400. The zero-order chi connectivity index (χ0) is 20.1. The number of aliphatic hydroxyl groups excluding tert-OH is 1. The van der Waals surface area contributed by atoms with E-state index in [4.69, 9.17) is 0 Å². The average molecular weight is 399 g/mol. The highest BCUT2D eigenvalue weighted by molar-refractivity contribution is 5.15. The van der Waals surface area contributed by atoms with Crippen LogP contribution in [-0.4, -0.2) is 11.2 Å². The maximum Gasteiger partial charge on any atom is 0.0543 e. The van der Waals surface area contributed by atoms with Gasteiger partial charge in [-0.05, 0) is 134 Å². The Balaban J connectivity index is 1.30. The topological polar surface area (TPSA) is 20.2 Å². The number of fused-ring (bicyclic) bond motifs is 9. The van der Waals surface area contributed by atoms with Gasteiger partial charge in [-0.3, -0.25) is 0 Å². The molecule has 0 spiro atoms. The molecule has 0 aromatic heterocycles. The predicted molar refractivity (Wildman–Crippen MR) is 119 cm³/mol. The molecule has 0 heterocycles. The molecule has 0 unspecified atom stereocenters. The minimum atomic E-state index is -0.00427. The highest BCUT2D eigenvalue weighted by Gasteiger charge is 2.67. The fraction of sp³-hybridized carbons (Fsp3) is 1.00. The maximum absolute atomic E-state index is 10.3. The molecule has 1 heteroatoms. The van der Waals surface area contributed by atoms with Crippen LogP contribution in [0.3, 0.4) is 0 Å². The molecule has 6 aliphatic carbocycles. The van der Waals surface area contributed by atoms with E-state index in [1.807, 2.05) is 0 Å². The van der Waals surface area contributed by atoms with E-state index >= 15 is 0 Å². The van der Waals surface area contributed by atoms with Gasteiger partial charge in [0.05, 0.1) is 6.10 Å². The summed E-state index contributed by atoms with van der Waals surface area (Å²) in [5, 5.41) is 10.3. The van der Waals surface area contributed by atoms with E-state index in [0.717, 1.165) is 72.0 Å². The summed E-state index contributed by atoms with van der Waals surface area (Å²) in [6, 6.07) is 0. The zero-order valence-electron chi connectivity index (χ0n) is 19.6. The van der Waals surface area contributed by atoms with Gasteiger partial charge in [-0.25, -0.2) is 0 Å². The molecule has 164 valence electrons. The Labute approximate surface area is 179 Å². The molecule has 0 bridgehead atoms. The molecule has 0 radical (unpaired) electrons. The largest absolute Gasteiger partial charge is 0.393 e. The van der Waals surface area contributed by atoms with Crippen molar-refractivity contribution in [3.63, 3.8) is 0 Å². The quantitative estimate of drug-likeness (QED) is 0.469. The lowest BCUT2D eigenvalue weighted by Crippen LogP contribution is -2.54. The monoisotopic (exact) mass is 398 g/mol. The summed E-state index contributed by atoms with van der Waals surface area (Å²) < 4.78 is 0. The minimum absolute atomic E-state index is 0.00427. The Morgan fingerprint density at radius 2 is 1.41 bits per heavy atom. The molecule has 0 aliphatic heterocycles. The second kappa shape index (κ2) is 6.49. The maximum atomic E-state index is 10.3. The SMILES string of the molecule is C[C@H]1CC[C@@H]2[C@@H](C)[C@@H]3[C@@H](C[C@H]4[C@H]5CC[C@H]6C[C@@H](O)CC[C@]6(C)[C@@H]5CC[C@]34C)[C@H]2C1. The van der Waals surface area contributed by atoms with Crippen LogP contribution in [0.4, 0.5) is 0 Å². The Morgan fingerprint density at radius 3 is 2.24 bits per heavy atom. The summed E-state index contributed by atoms with van der Waals surface area (Å²) in [6.45, 7) is 10.6. The van der Waals surface area contributed by atoms with Gasteiger partial charge in [0.2, 0.25) is 0 Å². The molecule has 1 N–H and O–H groups in total. The molecule has 0 saturated heterocycles.